The fourth-order valence-corrected chi connectivity index (χ4v) is 4.08. The molecule has 1 aliphatic rings. The second kappa shape index (κ2) is 10.2. The van der Waals surface area contributed by atoms with Gasteiger partial charge in [0.05, 0.1) is 0 Å². The van der Waals surface area contributed by atoms with Gasteiger partial charge in [0.15, 0.2) is 11.5 Å². The van der Waals surface area contributed by atoms with Gasteiger partial charge in [-0.25, -0.2) is 0 Å². The number of esters is 1. The van der Waals surface area contributed by atoms with E-state index in [4.69, 9.17) is 4.74 Å². The number of thiazole rings is 1. The molecule has 1 fully saturated rings. The average Bonchev–Trinajstić information content (AvgIpc) is 3.38. The first kappa shape index (κ1) is 23.9. The molecule has 2 amide bonds. The molecule has 2 heterocycles. The molecular weight excluding hydrogens is 428 g/mol. The number of benzene rings is 1. The second-order valence-corrected chi connectivity index (χ2v) is 10.0. The monoisotopic (exact) mass is 458 g/mol. The van der Waals surface area contributed by atoms with Crippen molar-refractivity contribution in [1.29, 1.82) is 0 Å². The van der Waals surface area contributed by atoms with Crippen molar-refractivity contribution in [2.45, 2.75) is 59.7 Å². The van der Waals surface area contributed by atoms with Gasteiger partial charge in [-0.15, -0.1) is 11.3 Å². The summed E-state index contributed by atoms with van der Waals surface area (Å²) in [5.74, 6) is -0.759. The van der Waals surface area contributed by atoms with Crippen LogP contribution < -0.4 is 15.4 Å². The van der Waals surface area contributed by atoms with Gasteiger partial charge in [0, 0.05) is 29.2 Å². The Morgan fingerprint density at radius 2 is 2.09 bits per heavy atom. The molecule has 0 unspecified atom stereocenters. The van der Waals surface area contributed by atoms with Gasteiger partial charge >= 0.3 is 5.97 Å². The van der Waals surface area contributed by atoms with E-state index in [9.17, 15) is 14.4 Å². The number of carbonyl (C=O) groups is 3. The molecular formula is C23H30N4O4S. The lowest BCUT2D eigenvalue weighted by Crippen LogP contribution is -2.33. The zero-order chi connectivity index (χ0) is 23.3. The van der Waals surface area contributed by atoms with Crippen LogP contribution in [0.4, 0.5) is 5.69 Å². The van der Waals surface area contributed by atoms with E-state index in [1.807, 2.05) is 27.7 Å². The SMILES string of the molecule is Cc1cc(C(=O)N=c2sccn2COC(=O)[C@@H]2CCCN2)ccc1NC(=O)CC(C)(C)C. The summed E-state index contributed by atoms with van der Waals surface area (Å²) in [4.78, 5) is 41.6. The first-order valence-corrected chi connectivity index (χ1v) is 11.5. The van der Waals surface area contributed by atoms with Gasteiger partial charge in [-0.3, -0.25) is 19.0 Å². The Labute approximate surface area is 191 Å². The number of hydrogen-bond acceptors (Lipinski definition) is 6. The predicted octanol–water partition coefficient (Wildman–Crippen LogP) is 3.23. The summed E-state index contributed by atoms with van der Waals surface area (Å²) >= 11 is 1.29. The number of nitrogens with one attached hydrogen (secondary N) is 2. The summed E-state index contributed by atoms with van der Waals surface area (Å²) in [6, 6.07) is 4.82. The first-order valence-electron chi connectivity index (χ1n) is 10.7. The molecule has 0 spiro atoms. The number of anilines is 1. The van der Waals surface area contributed by atoms with Crippen LogP contribution in [0.3, 0.4) is 0 Å². The highest BCUT2D eigenvalue weighted by molar-refractivity contribution is 7.07. The molecule has 3 rings (SSSR count). The number of hydrogen-bond donors (Lipinski definition) is 2. The first-order chi connectivity index (χ1) is 15.1. The van der Waals surface area contributed by atoms with Gasteiger partial charge in [-0.05, 0) is 55.5 Å². The minimum atomic E-state index is -0.402. The van der Waals surface area contributed by atoms with Crippen molar-refractivity contribution in [1.82, 2.24) is 9.88 Å². The molecule has 2 N–H and O–H groups in total. The number of rotatable bonds is 6. The average molecular weight is 459 g/mol. The molecule has 9 heteroatoms. The fourth-order valence-electron chi connectivity index (χ4n) is 3.37. The normalized spacial score (nSPS) is 16.8. The molecule has 1 atom stereocenters. The van der Waals surface area contributed by atoms with Crippen LogP contribution in [0.1, 0.15) is 56.0 Å². The molecule has 0 radical (unpaired) electrons. The summed E-state index contributed by atoms with van der Waals surface area (Å²) in [5.41, 5.74) is 1.77. The van der Waals surface area contributed by atoms with Crippen LogP contribution >= 0.6 is 11.3 Å². The lowest BCUT2D eigenvalue weighted by atomic mass is 9.92. The molecule has 1 saturated heterocycles. The van der Waals surface area contributed by atoms with Crippen LogP contribution in [-0.4, -0.2) is 34.9 Å². The lowest BCUT2D eigenvalue weighted by Gasteiger charge is -2.18. The van der Waals surface area contributed by atoms with Crippen LogP contribution in [-0.2, 0) is 21.1 Å². The van der Waals surface area contributed by atoms with Crippen molar-refractivity contribution >= 4 is 34.8 Å². The van der Waals surface area contributed by atoms with Crippen molar-refractivity contribution in [3.8, 4) is 0 Å². The number of amides is 2. The maximum Gasteiger partial charge on any atom is 0.324 e. The van der Waals surface area contributed by atoms with Gasteiger partial charge in [0.2, 0.25) is 5.91 Å². The number of nitrogens with zero attached hydrogens (tertiary/aromatic N) is 2. The van der Waals surface area contributed by atoms with E-state index in [-0.39, 0.29) is 30.1 Å². The number of aryl methyl sites for hydroxylation is 1. The Balaban J connectivity index is 1.66. The minimum Gasteiger partial charge on any atom is -0.443 e. The number of carbonyl (C=O) groups excluding carboxylic acids is 3. The van der Waals surface area contributed by atoms with E-state index < -0.39 is 5.91 Å². The van der Waals surface area contributed by atoms with E-state index >= 15 is 0 Å². The van der Waals surface area contributed by atoms with Crippen molar-refractivity contribution in [3.05, 3.63) is 45.7 Å². The van der Waals surface area contributed by atoms with Gasteiger partial charge in [-0.1, -0.05) is 20.8 Å². The van der Waals surface area contributed by atoms with Crippen LogP contribution in [0.25, 0.3) is 0 Å². The molecule has 0 bridgehead atoms. The van der Waals surface area contributed by atoms with Crippen molar-refractivity contribution in [2.75, 3.05) is 11.9 Å². The molecule has 172 valence electrons. The molecule has 0 aliphatic carbocycles. The summed E-state index contributed by atoms with van der Waals surface area (Å²) < 4.78 is 6.99. The fraction of sp³-hybridized carbons (Fsp3) is 0.478. The van der Waals surface area contributed by atoms with Crippen molar-refractivity contribution in [2.24, 2.45) is 10.4 Å². The highest BCUT2D eigenvalue weighted by Gasteiger charge is 2.23. The molecule has 1 aromatic heterocycles. The van der Waals surface area contributed by atoms with Gasteiger partial charge in [0.1, 0.15) is 6.04 Å². The molecule has 1 aromatic carbocycles. The molecule has 8 nitrogen and oxygen atoms in total. The Bertz CT molecular complexity index is 1060. The standard InChI is InChI=1S/C23H30N4O4S/c1-15-12-16(7-8-17(15)25-19(28)13-23(2,3)4)20(29)26-22-27(10-11-32-22)14-31-21(30)18-6-5-9-24-18/h7-8,10-12,18,24H,5-6,9,13-14H2,1-4H3,(H,25,28)/t18-/m0/s1. The third-order valence-electron chi connectivity index (χ3n) is 4.99. The third-order valence-corrected chi connectivity index (χ3v) is 5.78. The van der Waals surface area contributed by atoms with Crippen molar-refractivity contribution in [3.63, 3.8) is 0 Å². The summed E-state index contributed by atoms with van der Waals surface area (Å²) in [7, 11) is 0. The maximum atomic E-state index is 12.7. The van der Waals surface area contributed by atoms with Crippen LogP contribution in [0.2, 0.25) is 0 Å². The summed E-state index contributed by atoms with van der Waals surface area (Å²) in [6.45, 7) is 8.68. The van der Waals surface area contributed by atoms with Gasteiger partial charge < -0.3 is 15.4 Å². The van der Waals surface area contributed by atoms with Crippen LogP contribution in [0.15, 0.2) is 34.8 Å². The summed E-state index contributed by atoms with van der Waals surface area (Å²) in [6.07, 6.45) is 3.86. The molecule has 2 aromatic rings. The Hall–Kier alpha value is -2.78. The smallest absolute Gasteiger partial charge is 0.324 e. The highest BCUT2D eigenvalue weighted by atomic mass is 32.1. The molecule has 32 heavy (non-hydrogen) atoms. The number of aromatic nitrogens is 1. The quantitative estimate of drug-likeness (QED) is 0.647. The van der Waals surface area contributed by atoms with Gasteiger partial charge in [0.25, 0.3) is 5.91 Å². The Morgan fingerprint density at radius 1 is 1.31 bits per heavy atom. The van der Waals surface area contributed by atoms with E-state index in [2.05, 4.69) is 15.6 Å². The molecule has 1 aliphatic heterocycles. The lowest BCUT2D eigenvalue weighted by molar-refractivity contribution is -0.149. The van der Waals surface area contributed by atoms with E-state index in [1.165, 1.54) is 11.3 Å². The number of ether oxygens (including phenoxy) is 1. The van der Waals surface area contributed by atoms with E-state index in [1.54, 1.807) is 34.3 Å². The van der Waals surface area contributed by atoms with Crippen molar-refractivity contribution < 1.29 is 19.1 Å². The summed E-state index contributed by atoms with van der Waals surface area (Å²) in [5, 5.41) is 7.79. The largest absolute Gasteiger partial charge is 0.443 e. The molecule has 0 saturated carbocycles. The van der Waals surface area contributed by atoms with Gasteiger partial charge in [-0.2, -0.15) is 4.99 Å². The zero-order valence-electron chi connectivity index (χ0n) is 18.9. The van der Waals surface area contributed by atoms with Crippen LogP contribution in [0.5, 0.6) is 0 Å². The zero-order valence-corrected chi connectivity index (χ0v) is 19.8. The highest BCUT2D eigenvalue weighted by Crippen LogP contribution is 2.22. The van der Waals surface area contributed by atoms with E-state index in [0.29, 0.717) is 22.5 Å². The van der Waals surface area contributed by atoms with Crippen LogP contribution in [0, 0.1) is 12.3 Å². The Morgan fingerprint density at radius 3 is 2.75 bits per heavy atom. The third kappa shape index (κ3) is 6.61. The van der Waals surface area contributed by atoms with E-state index in [0.717, 1.165) is 24.9 Å². The predicted molar refractivity (Wildman–Crippen MR) is 123 cm³/mol. The minimum absolute atomic E-state index is 0.00437. The maximum absolute atomic E-state index is 12.7. The second-order valence-electron chi connectivity index (χ2n) is 9.13. The Kier molecular flexibility index (Phi) is 7.63. The topological polar surface area (TPSA) is 102 Å².